The highest BCUT2D eigenvalue weighted by Crippen LogP contribution is 2.29. The number of hydrogen-bond acceptors (Lipinski definition) is 3. The molecular weight excluding hydrogens is 260 g/mol. The molecular formula is C10H11BrN2O2. The highest BCUT2D eigenvalue weighted by atomic mass is 79.9. The van der Waals surface area contributed by atoms with Crippen LogP contribution in [0.25, 0.3) is 0 Å². The van der Waals surface area contributed by atoms with E-state index in [4.69, 9.17) is 4.74 Å². The van der Waals surface area contributed by atoms with Crippen molar-refractivity contribution in [3.63, 3.8) is 0 Å². The summed E-state index contributed by atoms with van der Waals surface area (Å²) >= 11 is 3.38. The Labute approximate surface area is 96.1 Å². The second-order valence-electron chi connectivity index (χ2n) is 3.33. The maximum atomic E-state index is 11.6. The molecule has 15 heavy (non-hydrogen) atoms. The summed E-state index contributed by atoms with van der Waals surface area (Å²) in [5, 5.41) is 5.94. The molecule has 0 aromatic heterocycles. The zero-order valence-corrected chi connectivity index (χ0v) is 9.80. The minimum atomic E-state index is -0.322. The molecule has 1 unspecified atom stereocenters. The fraction of sp³-hybridized carbons (Fsp3) is 0.300. The van der Waals surface area contributed by atoms with Crippen LogP contribution in [0.2, 0.25) is 0 Å². The van der Waals surface area contributed by atoms with E-state index in [0.29, 0.717) is 6.61 Å². The molecule has 0 aliphatic carbocycles. The van der Waals surface area contributed by atoms with Crippen LogP contribution in [-0.4, -0.2) is 25.7 Å². The number of benzene rings is 1. The lowest BCUT2D eigenvalue weighted by Crippen LogP contribution is -2.41. The average Bonchev–Trinajstić information content (AvgIpc) is 2.20. The number of carbonyl (C=O) groups is 1. The third kappa shape index (κ3) is 2.13. The Kier molecular flexibility index (Phi) is 2.93. The van der Waals surface area contributed by atoms with E-state index < -0.39 is 0 Å². The Morgan fingerprint density at radius 2 is 2.27 bits per heavy atom. The van der Waals surface area contributed by atoms with Crippen molar-refractivity contribution in [3.05, 3.63) is 22.7 Å². The Morgan fingerprint density at radius 1 is 1.47 bits per heavy atom. The number of carbonyl (C=O) groups excluding carboxylic acids is 1. The van der Waals surface area contributed by atoms with Crippen LogP contribution in [0.3, 0.4) is 0 Å². The predicted molar refractivity (Wildman–Crippen MR) is 62.1 cm³/mol. The third-order valence-electron chi connectivity index (χ3n) is 2.22. The van der Waals surface area contributed by atoms with E-state index >= 15 is 0 Å². The van der Waals surface area contributed by atoms with E-state index in [1.54, 1.807) is 7.11 Å². The Morgan fingerprint density at radius 3 is 3.00 bits per heavy atom. The number of fused-ring (bicyclic) bond motifs is 1. The quantitative estimate of drug-likeness (QED) is 0.862. The van der Waals surface area contributed by atoms with Gasteiger partial charge in [0.25, 0.3) is 0 Å². The van der Waals surface area contributed by atoms with Gasteiger partial charge in [-0.25, -0.2) is 0 Å². The van der Waals surface area contributed by atoms with E-state index in [9.17, 15) is 4.79 Å². The number of nitrogens with one attached hydrogen (secondary N) is 2. The summed E-state index contributed by atoms with van der Waals surface area (Å²) in [6, 6.07) is 5.35. The number of amides is 1. The topological polar surface area (TPSA) is 50.4 Å². The van der Waals surface area contributed by atoms with Gasteiger partial charge in [0.2, 0.25) is 5.91 Å². The van der Waals surface area contributed by atoms with Gasteiger partial charge < -0.3 is 15.4 Å². The Hall–Kier alpha value is -1.07. The van der Waals surface area contributed by atoms with Gasteiger partial charge in [0.15, 0.2) is 0 Å². The van der Waals surface area contributed by atoms with Crippen molar-refractivity contribution in [3.8, 4) is 0 Å². The Balaban J connectivity index is 2.26. The molecule has 1 heterocycles. The molecule has 0 radical (unpaired) electrons. The van der Waals surface area contributed by atoms with Gasteiger partial charge in [-0.3, -0.25) is 4.79 Å². The van der Waals surface area contributed by atoms with Crippen LogP contribution in [0.1, 0.15) is 0 Å². The SMILES string of the molecule is COCC1Nc2cc(Br)ccc2NC1=O. The molecule has 1 amide bonds. The fourth-order valence-electron chi connectivity index (χ4n) is 1.50. The van der Waals surface area contributed by atoms with Gasteiger partial charge in [0.05, 0.1) is 18.0 Å². The first-order valence-electron chi connectivity index (χ1n) is 4.56. The second-order valence-corrected chi connectivity index (χ2v) is 4.25. The van der Waals surface area contributed by atoms with Crippen molar-refractivity contribution >= 4 is 33.2 Å². The lowest BCUT2D eigenvalue weighted by molar-refractivity contribution is -0.118. The summed E-state index contributed by atoms with van der Waals surface area (Å²) < 4.78 is 5.94. The summed E-state index contributed by atoms with van der Waals surface area (Å²) in [6.07, 6.45) is 0. The van der Waals surface area contributed by atoms with Crippen molar-refractivity contribution in [2.75, 3.05) is 24.4 Å². The number of rotatable bonds is 2. The second kappa shape index (κ2) is 4.20. The summed E-state index contributed by atoms with van der Waals surface area (Å²) in [7, 11) is 1.57. The van der Waals surface area contributed by atoms with E-state index in [1.165, 1.54) is 0 Å². The van der Waals surface area contributed by atoms with Gasteiger partial charge in [-0.15, -0.1) is 0 Å². The Bertz CT molecular complexity index is 395. The average molecular weight is 271 g/mol. The van der Waals surface area contributed by atoms with Crippen LogP contribution < -0.4 is 10.6 Å². The van der Waals surface area contributed by atoms with Crippen LogP contribution >= 0.6 is 15.9 Å². The number of hydrogen-bond donors (Lipinski definition) is 2. The van der Waals surface area contributed by atoms with Crippen LogP contribution in [-0.2, 0) is 9.53 Å². The zero-order chi connectivity index (χ0) is 10.8. The molecule has 4 nitrogen and oxygen atoms in total. The minimum Gasteiger partial charge on any atom is -0.382 e. The molecule has 1 aromatic carbocycles. The predicted octanol–water partition coefficient (Wildman–Crippen LogP) is 1.83. The first kappa shape index (κ1) is 10.4. The smallest absolute Gasteiger partial charge is 0.249 e. The fourth-order valence-corrected chi connectivity index (χ4v) is 1.86. The summed E-state index contributed by atoms with van der Waals surface area (Å²) in [4.78, 5) is 11.6. The molecule has 0 spiro atoms. The number of anilines is 2. The van der Waals surface area contributed by atoms with Crippen LogP contribution in [0.5, 0.6) is 0 Å². The maximum Gasteiger partial charge on any atom is 0.249 e. The van der Waals surface area contributed by atoms with Crippen molar-refractivity contribution in [2.24, 2.45) is 0 Å². The normalized spacial score (nSPS) is 19.1. The van der Waals surface area contributed by atoms with Gasteiger partial charge in [-0.05, 0) is 18.2 Å². The number of methoxy groups -OCH3 is 1. The van der Waals surface area contributed by atoms with E-state index in [0.717, 1.165) is 15.8 Å². The molecule has 1 aliphatic rings. The van der Waals surface area contributed by atoms with Crippen molar-refractivity contribution in [1.82, 2.24) is 0 Å². The van der Waals surface area contributed by atoms with Crippen molar-refractivity contribution in [2.45, 2.75) is 6.04 Å². The molecule has 2 N–H and O–H groups in total. The number of halogens is 1. The summed E-state index contributed by atoms with van der Waals surface area (Å²) in [6.45, 7) is 0.359. The highest BCUT2D eigenvalue weighted by Gasteiger charge is 2.24. The lowest BCUT2D eigenvalue weighted by Gasteiger charge is -2.26. The van der Waals surface area contributed by atoms with Crippen LogP contribution in [0.15, 0.2) is 22.7 Å². The molecule has 2 rings (SSSR count). The van der Waals surface area contributed by atoms with Crippen LogP contribution in [0, 0.1) is 0 Å². The third-order valence-corrected chi connectivity index (χ3v) is 2.71. The molecule has 1 aromatic rings. The molecule has 0 saturated carbocycles. The molecule has 80 valence electrons. The zero-order valence-electron chi connectivity index (χ0n) is 8.21. The van der Waals surface area contributed by atoms with E-state index in [-0.39, 0.29) is 11.9 Å². The molecule has 1 aliphatic heterocycles. The lowest BCUT2D eigenvalue weighted by atomic mass is 10.1. The largest absolute Gasteiger partial charge is 0.382 e. The first-order chi connectivity index (χ1) is 7.20. The standard InChI is InChI=1S/C10H11BrN2O2/c1-15-5-9-10(14)13-7-3-2-6(11)4-8(7)12-9/h2-4,9,12H,5H2,1H3,(H,13,14). The van der Waals surface area contributed by atoms with Crippen molar-refractivity contribution < 1.29 is 9.53 Å². The van der Waals surface area contributed by atoms with Gasteiger partial charge in [-0.1, -0.05) is 15.9 Å². The molecule has 5 heteroatoms. The van der Waals surface area contributed by atoms with Gasteiger partial charge in [0, 0.05) is 11.6 Å². The van der Waals surface area contributed by atoms with Gasteiger partial charge in [0.1, 0.15) is 6.04 Å². The molecule has 0 fully saturated rings. The van der Waals surface area contributed by atoms with Gasteiger partial charge >= 0.3 is 0 Å². The van der Waals surface area contributed by atoms with E-state index in [2.05, 4.69) is 26.6 Å². The summed E-state index contributed by atoms with van der Waals surface area (Å²) in [5.41, 5.74) is 1.71. The van der Waals surface area contributed by atoms with E-state index in [1.807, 2.05) is 18.2 Å². The first-order valence-corrected chi connectivity index (χ1v) is 5.36. The monoisotopic (exact) mass is 270 g/mol. The maximum absolute atomic E-state index is 11.6. The summed E-state index contributed by atoms with van der Waals surface area (Å²) in [5.74, 6) is -0.0633. The highest BCUT2D eigenvalue weighted by molar-refractivity contribution is 9.10. The van der Waals surface area contributed by atoms with Gasteiger partial charge in [-0.2, -0.15) is 0 Å². The molecule has 1 atom stereocenters. The minimum absolute atomic E-state index is 0.0633. The number of ether oxygens (including phenoxy) is 1. The molecule has 0 bridgehead atoms. The van der Waals surface area contributed by atoms with Crippen LogP contribution in [0.4, 0.5) is 11.4 Å². The molecule has 0 saturated heterocycles. The van der Waals surface area contributed by atoms with Crippen molar-refractivity contribution in [1.29, 1.82) is 0 Å².